The second-order valence-corrected chi connectivity index (χ2v) is 5.83. The average molecular weight is 314 g/mol. The van der Waals surface area contributed by atoms with Crippen LogP contribution in [0.1, 0.15) is 36.3 Å². The molecule has 23 heavy (non-hydrogen) atoms. The number of benzene rings is 1. The van der Waals surface area contributed by atoms with Gasteiger partial charge >= 0.3 is 0 Å². The van der Waals surface area contributed by atoms with Gasteiger partial charge in [0.25, 0.3) is 5.91 Å². The van der Waals surface area contributed by atoms with Crippen LogP contribution in [0.3, 0.4) is 0 Å². The van der Waals surface area contributed by atoms with E-state index in [4.69, 9.17) is 4.42 Å². The number of aliphatic hydroxyl groups is 1. The van der Waals surface area contributed by atoms with Gasteiger partial charge in [-0.25, -0.2) is 0 Å². The van der Waals surface area contributed by atoms with Crippen LogP contribution in [0.5, 0.6) is 0 Å². The molecule has 2 unspecified atom stereocenters. The predicted molar refractivity (Wildman–Crippen MR) is 86.7 cm³/mol. The molecule has 1 aliphatic heterocycles. The third-order valence-corrected chi connectivity index (χ3v) is 4.29. The predicted octanol–water partition coefficient (Wildman–Crippen LogP) is 2.27. The molecule has 5 heteroatoms. The van der Waals surface area contributed by atoms with E-state index in [0.29, 0.717) is 12.1 Å². The lowest BCUT2D eigenvalue weighted by Gasteiger charge is -2.26. The van der Waals surface area contributed by atoms with E-state index < -0.39 is 6.10 Å². The van der Waals surface area contributed by atoms with Crippen molar-refractivity contribution in [3.05, 3.63) is 60.1 Å². The average Bonchev–Trinajstić information content (AvgIpc) is 3.29. The molecule has 2 atom stereocenters. The van der Waals surface area contributed by atoms with Crippen LogP contribution in [-0.2, 0) is 4.79 Å². The molecule has 0 radical (unpaired) electrons. The summed E-state index contributed by atoms with van der Waals surface area (Å²) in [4.78, 5) is 14.5. The molecule has 5 nitrogen and oxygen atoms in total. The van der Waals surface area contributed by atoms with Crippen molar-refractivity contribution in [1.29, 1.82) is 0 Å². The van der Waals surface area contributed by atoms with Gasteiger partial charge in [-0.2, -0.15) is 0 Å². The van der Waals surface area contributed by atoms with E-state index in [-0.39, 0.29) is 11.9 Å². The van der Waals surface area contributed by atoms with E-state index in [1.54, 1.807) is 18.4 Å². The summed E-state index contributed by atoms with van der Waals surface area (Å²) < 4.78 is 5.53. The van der Waals surface area contributed by atoms with E-state index in [0.717, 1.165) is 31.7 Å². The fraction of sp³-hybridized carbons (Fsp3) is 0.389. The monoisotopic (exact) mass is 314 g/mol. The lowest BCUT2D eigenvalue weighted by Crippen LogP contribution is -2.38. The van der Waals surface area contributed by atoms with Gasteiger partial charge in [0, 0.05) is 6.54 Å². The quantitative estimate of drug-likeness (QED) is 0.858. The number of aliphatic hydroxyl groups excluding tert-OH is 1. The fourth-order valence-corrected chi connectivity index (χ4v) is 3.02. The summed E-state index contributed by atoms with van der Waals surface area (Å²) >= 11 is 0. The summed E-state index contributed by atoms with van der Waals surface area (Å²) in [5, 5.41) is 13.0. The van der Waals surface area contributed by atoms with Crippen molar-refractivity contribution in [2.45, 2.75) is 25.0 Å². The molecule has 1 aromatic carbocycles. The third-order valence-electron chi connectivity index (χ3n) is 4.29. The highest BCUT2D eigenvalue weighted by Crippen LogP contribution is 2.25. The summed E-state index contributed by atoms with van der Waals surface area (Å²) in [6, 6.07) is 12.8. The SMILES string of the molecule is O=C(NCC(c1ccco1)N1CCCC1)C(O)c1ccccc1. The number of nitrogens with zero attached hydrogens (tertiary/aromatic N) is 1. The minimum absolute atomic E-state index is 0.0134. The zero-order chi connectivity index (χ0) is 16.1. The standard InChI is InChI=1S/C18H22N2O3/c21-17(14-7-2-1-3-8-14)18(22)19-13-15(16-9-6-12-23-16)20-10-4-5-11-20/h1-3,6-9,12,15,17,21H,4-5,10-11,13H2,(H,19,22). The van der Waals surface area contributed by atoms with Gasteiger partial charge in [0.05, 0.1) is 12.3 Å². The first-order chi connectivity index (χ1) is 11.3. The highest BCUT2D eigenvalue weighted by molar-refractivity contribution is 5.81. The molecule has 2 aromatic rings. The van der Waals surface area contributed by atoms with Crippen LogP contribution in [0, 0.1) is 0 Å². The maximum atomic E-state index is 12.2. The first-order valence-corrected chi connectivity index (χ1v) is 8.04. The minimum Gasteiger partial charge on any atom is -0.468 e. The van der Waals surface area contributed by atoms with Crippen LogP contribution < -0.4 is 5.32 Å². The number of carbonyl (C=O) groups is 1. The van der Waals surface area contributed by atoms with Gasteiger partial charge in [0.15, 0.2) is 6.10 Å². The van der Waals surface area contributed by atoms with Crippen molar-refractivity contribution >= 4 is 5.91 Å². The number of hydrogen-bond acceptors (Lipinski definition) is 4. The van der Waals surface area contributed by atoms with E-state index in [1.807, 2.05) is 30.3 Å². The van der Waals surface area contributed by atoms with E-state index in [1.165, 1.54) is 0 Å². The van der Waals surface area contributed by atoms with Crippen LogP contribution in [-0.4, -0.2) is 35.5 Å². The fourth-order valence-electron chi connectivity index (χ4n) is 3.02. The Balaban J connectivity index is 1.63. The first kappa shape index (κ1) is 15.8. The van der Waals surface area contributed by atoms with Crippen LogP contribution in [0.15, 0.2) is 53.1 Å². The lowest BCUT2D eigenvalue weighted by molar-refractivity contribution is -0.129. The first-order valence-electron chi connectivity index (χ1n) is 8.04. The van der Waals surface area contributed by atoms with E-state index in [2.05, 4.69) is 10.2 Å². The van der Waals surface area contributed by atoms with Crippen molar-refractivity contribution in [3.63, 3.8) is 0 Å². The Morgan fingerprint density at radius 3 is 2.57 bits per heavy atom. The van der Waals surface area contributed by atoms with Crippen LogP contribution >= 0.6 is 0 Å². The molecule has 1 amide bonds. The van der Waals surface area contributed by atoms with Gasteiger partial charge < -0.3 is 14.8 Å². The van der Waals surface area contributed by atoms with E-state index in [9.17, 15) is 9.90 Å². The highest BCUT2D eigenvalue weighted by atomic mass is 16.3. The Kier molecular flexibility index (Phi) is 5.10. The zero-order valence-corrected chi connectivity index (χ0v) is 13.0. The van der Waals surface area contributed by atoms with Crippen molar-refractivity contribution in [2.24, 2.45) is 0 Å². The van der Waals surface area contributed by atoms with Crippen LogP contribution in [0.2, 0.25) is 0 Å². The summed E-state index contributed by atoms with van der Waals surface area (Å²) in [5.74, 6) is 0.466. The molecular formula is C18H22N2O3. The number of furan rings is 1. The molecule has 1 fully saturated rings. The van der Waals surface area contributed by atoms with Gasteiger partial charge in [0.2, 0.25) is 0 Å². The Hall–Kier alpha value is -2.11. The van der Waals surface area contributed by atoms with Gasteiger partial charge in [-0.1, -0.05) is 30.3 Å². The Morgan fingerprint density at radius 2 is 1.91 bits per heavy atom. The number of hydrogen-bond donors (Lipinski definition) is 2. The summed E-state index contributed by atoms with van der Waals surface area (Å²) in [7, 11) is 0. The third kappa shape index (κ3) is 3.81. The normalized spacial score (nSPS) is 17.8. The molecule has 1 saturated heterocycles. The molecule has 2 N–H and O–H groups in total. The molecule has 2 heterocycles. The maximum Gasteiger partial charge on any atom is 0.253 e. The van der Waals surface area contributed by atoms with Gasteiger partial charge in [0.1, 0.15) is 5.76 Å². The van der Waals surface area contributed by atoms with Crippen molar-refractivity contribution in [3.8, 4) is 0 Å². The summed E-state index contributed by atoms with van der Waals surface area (Å²) in [6.45, 7) is 2.43. The Labute approximate surface area is 135 Å². The zero-order valence-electron chi connectivity index (χ0n) is 13.0. The topological polar surface area (TPSA) is 65.7 Å². The Bertz CT molecular complexity index is 606. The number of nitrogens with one attached hydrogen (secondary N) is 1. The van der Waals surface area contributed by atoms with Gasteiger partial charge in [-0.05, 0) is 43.6 Å². The molecule has 1 aromatic heterocycles. The molecule has 0 saturated carbocycles. The molecule has 122 valence electrons. The largest absolute Gasteiger partial charge is 0.468 e. The molecule has 0 aliphatic carbocycles. The molecule has 0 bridgehead atoms. The summed E-state index contributed by atoms with van der Waals surface area (Å²) in [5.41, 5.74) is 0.598. The number of carbonyl (C=O) groups excluding carboxylic acids is 1. The van der Waals surface area contributed by atoms with Crippen molar-refractivity contribution < 1.29 is 14.3 Å². The highest BCUT2D eigenvalue weighted by Gasteiger charge is 2.27. The smallest absolute Gasteiger partial charge is 0.253 e. The molecule has 1 aliphatic rings. The number of amides is 1. The second kappa shape index (κ2) is 7.44. The van der Waals surface area contributed by atoms with Gasteiger partial charge in [-0.15, -0.1) is 0 Å². The van der Waals surface area contributed by atoms with Crippen LogP contribution in [0.25, 0.3) is 0 Å². The minimum atomic E-state index is -1.15. The van der Waals surface area contributed by atoms with E-state index >= 15 is 0 Å². The number of rotatable bonds is 6. The van der Waals surface area contributed by atoms with Crippen molar-refractivity contribution in [1.82, 2.24) is 10.2 Å². The van der Waals surface area contributed by atoms with Crippen molar-refractivity contribution in [2.75, 3.05) is 19.6 Å². The molecule has 0 spiro atoms. The van der Waals surface area contributed by atoms with Gasteiger partial charge in [-0.3, -0.25) is 9.69 Å². The summed E-state index contributed by atoms with van der Waals surface area (Å²) in [6.07, 6.45) is 2.83. The number of likely N-dealkylation sites (tertiary alicyclic amines) is 1. The maximum absolute atomic E-state index is 12.2. The van der Waals surface area contributed by atoms with Crippen LogP contribution in [0.4, 0.5) is 0 Å². The molecule has 3 rings (SSSR count). The second-order valence-electron chi connectivity index (χ2n) is 5.83. The lowest BCUT2D eigenvalue weighted by atomic mass is 10.1. The Morgan fingerprint density at radius 1 is 1.17 bits per heavy atom. The molecular weight excluding hydrogens is 292 g/mol.